The molecule has 26 heavy (non-hydrogen) atoms. The van der Waals surface area contributed by atoms with Gasteiger partial charge in [0.1, 0.15) is 0 Å². The van der Waals surface area contributed by atoms with E-state index in [1.165, 1.54) is 11.0 Å². The summed E-state index contributed by atoms with van der Waals surface area (Å²) in [6.45, 7) is 1.99. The highest BCUT2D eigenvalue weighted by Crippen LogP contribution is 2.43. The molecule has 1 fully saturated rings. The van der Waals surface area contributed by atoms with E-state index in [-0.39, 0.29) is 23.1 Å². The van der Waals surface area contributed by atoms with E-state index in [1.54, 1.807) is 31.2 Å². The first-order chi connectivity index (χ1) is 12.3. The molecule has 0 saturated carbocycles. The van der Waals surface area contributed by atoms with E-state index in [4.69, 9.17) is 0 Å². The molecule has 3 nitrogen and oxygen atoms in total. The van der Waals surface area contributed by atoms with Crippen LogP contribution in [0.25, 0.3) is 0 Å². The van der Waals surface area contributed by atoms with E-state index >= 15 is 0 Å². The monoisotopic (exact) mass is 381 g/mol. The van der Waals surface area contributed by atoms with Gasteiger partial charge in [0.25, 0.3) is 0 Å². The molecular weight excluding hydrogens is 363 g/mol. The second-order valence-electron chi connectivity index (χ2n) is 6.15. The van der Waals surface area contributed by atoms with Gasteiger partial charge in [-0.15, -0.1) is 0 Å². The topological polar surface area (TPSA) is 40.5 Å². The van der Waals surface area contributed by atoms with Gasteiger partial charge in [-0.1, -0.05) is 30.0 Å². The van der Waals surface area contributed by atoms with Crippen LogP contribution in [-0.4, -0.2) is 17.6 Å². The molecule has 1 aliphatic rings. The Bertz CT molecular complexity index is 836. The number of anilines is 1. The Morgan fingerprint density at radius 1 is 1.23 bits per heavy atom. The summed E-state index contributed by atoms with van der Waals surface area (Å²) in [6, 6.07) is 9.26. The molecule has 1 saturated heterocycles. The predicted molar refractivity (Wildman–Crippen MR) is 94.3 cm³/mol. The lowest BCUT2D eigenvalue weighted by Gasteiger charge is -2.20. The van der Waals surface area contributed by atoms with E-state index in [0.717, 1.165) is 23.4 Å². The Kier molecular flexibility index (Phi) is 5.29. The minimum absolute atomic E-state index is 0.0527. The Morgan fingerprint density at radius 2 is 2.00 bits per heavy atom. The number of alkyl halides is 3. The van der Waals surface area contributed by atoms with Gasteiger partial charge >= 0.3 is 6.18 Å². The minimum Gasteiger partial charge on any atom is -0.392 e. The van der Waals surface area contributed by atoms with Crippen molar-refractivity contribution in [1.29, 1.82) is 0 Å². The van der Waals surface area contributed by atoms with Crippen LogP contribution in [0.2, 0.25) is 0 Å². The molecule has 0 aromatic heterocycles. The quantitative estimate of drug-likeness (QED) is 0.828. The normalized spacial score (nSPS) is 15.0. The maximum Gasteiger partial charge on any atom is 0.417 e. The third-order valence-electron chi connectivity index (χ3n) is 4.33. The van der Waals surface area contributed by atoms with Crippen LogP contribution in [0.5, 0.6) is 0 Å². The van der Waals surface area contributed by atoms with Crippen molar-refractivity contribution in [2.75, 3.05) is 11.4 Å². The third-order valence-corrected chi connectivity index (χ3v) is 5.69. The van der Waals surface area contributed by atoms with Gasteiger partial charge in [-0.3, -0.25) is 4.79 Å². The fourth-order valence-corrected chi connectivity index (χ4v) is 4.14. The Morgan fingerprint density at radius 3 is 2.62 bits per heavy atom. The number of halogens is 3. The van der Waals surface area contributed by atoms with Crippen LogP contribution < -0.4 is 4.90 Å². The van der Waals surface area contributed by atoms with Crippen molar-refractivity contribution in [3.8, 4) is 0 Å². The first-order valence-electron chi connectivity index (χ1n) is 8.20. The van der Waals surface area contributed by atoms with Crippen molar-refractivity contribution < 1.29 is 23.1 Å². The average Bonchev–Trinajstić information content (AvgIpc) is 3.02. The van der Waals surface area contributed by atoms with Crippen molar-refractivity contribution in [3.05, 3.63) is 53.1 Å². The molecule has 1 N–H and O–H groups in total. The van der Waals surface area contributed by atoms with Crippen LogP contribution in [0.15, 0.2) is 46.2 Å². The molecular formula is C19H18F3NO2S. The number of hydrogen-bond acceptors (Lipinski definition) is 3. The molecule has 1 amide bonds. The first-order valence-corrected chi connectivity index (χ1v) is 9.01. The summed E-state index contributed by atoms with van der Waals surface area (Å²) in [7, 11) is 0. The summed E-state index contributed by atoms with van der Waals surface area (Å²) in [5.74, 6) is -0.153. The molecule has 7 heteroatoms. The van der Waals surface area contributed by atoms with E-state index in [2.05, 4.69) is 0 Å². The number of aliphatic hydroxyl groups is 1. The SMILES string of the molecule is Cc1cccc(CO)c1Sc1ccc(N2CCCC2=O)cc1C(F)(F)F. The Hall–Kier alpha value is -1.99. The van der Waals surface area contributed by atoms with Crippen LogP contribution in [0, 0.1) is 6.92 Å². The number of nitrogens with zero attached hydrogens (tertiary/aromatic N) is 1. The summed E-state index contributed by atoms with van der Waals surface area (Å²) in [5.41, 5.74) is 0.888. The molecule has 2 aromatic carbocycles. The summed E-state index contributed by atoms with van der Waals surface area (Å²) < 4.78 is 40.9. The molecule has 0 unspecified atom stereocenters. The zero-order chi connectivity index (χ0) is 18.9. The fraction of sp³-hybridized carbons (Fsp3) is 0.316. The number of carbonyl (C=O) groups is 1. The van der Waals surface area contributed by atoms with Gasteiger partial charge in [0, 0.05) is 28.4 Å². The van der Waals surface area contributed by atoms with Crippen molar-refractivity contribution in [2.24, 2.45) is 0 Å². The number of aryl methyl sites for hydroxylation is 1. The highest BCUT2D eigenvalue weighted by molar-refractivity contribution is 7.99. The molecule has 0 spiro atoms. The molecule has 0 bridgehead atoms. The zero-order valence-corrected chi connectivity index (χ0v) is 15.0. The Labute approximate surface area is 153 Å². The fourth-order valence-electron chi connectivity index (χ4n) is 3.01. The van der Waals surface area contributed by atoms with Crippen LogP contribution in [0.4, 0.5) is 18.9 Å². The van der Waals surface area contributed by atoms with Crippen molar-refractivity contribution >= 4 is 23.4 Å². The predicted octanol–water partition coefficient (Wildman–Crippen LogP) is 4.78. The second-order valence-corrected chi connectivity index (χ2v) is 7.20. The van der Waals surface area contributed by atoms with Gasteiger partial charge in [0.2, 0.25) is 5.91 Å². The first kappa shape index (κ1) is 18.8. The summed E-state index contributed by atoms with van der Waals surface area (Å²) >= 11 is 0.988. The van der Waals surface area contributed by atoms with Crippen LogP contribution in [-0.2, 0) is 17.6 Å². The van der Waals surface area contributed by atoms with Crippen molar-refractivity contribution in [2.45, 2.75) is 42.3 Å². The highest BCUT2D eigenvalue weighted by Gasteiger charge is 2.35. The number of carbonyl (C=O) groups excluding carboxylic acids is 1. The number of aliphatic hydroxyl groups excluding tert-OH is 1. The molecule has 3 rings (SSSR count). The molecule has 2 aromatic rings. The van der Waals surface area contributed by atoms with E-state index in [1.807, 2.05) is 0 Å². The number of benzene rings is 2. The highest BCUT2D eigenvalue weighted by atomic mass is 32.2. The minimum atomic E-state index is -4.54. The van der Waals surface area contributed by atoms with Gasteiger partial charge < -0.3 is 10.0 Å². The van der Waals surface area contributed by atoms with Gasteiger partial charge in [-0.2, -0.15) is 13.2 Å². The third kappa shape index (κ3) is 3.73. The smallest absolute Gasteiger partial charge is 0.392 e. The van der Waals surface area contributed by atoms with Gasteiger partial charge in [0.15, 0.2) is 0 Å². The maximum absolute atomic E-state index is 13.6. The summed E-state index contributed by atoms with van der Waals surface area (Å²) in [6.07, 6.45) is -3.52. The molecule has 0 atom stereocenters. The van der Waals surface area contributed by atoms with Crippen LogP contribution in [0.3, 0.4) is 0 Å². The van der Waals surface area contributed by atoms with E-state index in [9.17, 15) is 23.1 Å². The largest absolute Gasteiger partial charge is 0.417 e. The lowest BCUT2D eigenvalue weighted by molar-refractivity contribution is -0.139. The van der Waals surface area contributed by atoms with Crippen LogP contribution in [0.1, 0.15) is 29.5 Å². The summed E-state index contributed by atoms with van der Waals surface area (Å²) in [5, 5.41) is 9.49. The molecule has 1 heterocycles. The van der Waals surface area contributed by atoms with Crippen molar-refractivity contribution in [3.63, 3.8) is 0 Å². The van der Waals surface area contributed by atoms with Gasteiger partial charge in [0.05, 0.1) is 12.2 Å². The standard InChI is InChI=1S/C19H18F3NO2S/c1-12-4-2-5-13(11-24)18(12)26-16-8-7-14(10-15(16)19(20,21)22)23-9-3-6-17(23)25/h2,4-5,7-8,10,24H,3,6,9,11H2,1H3. The molecule has 138 valence electrons. The number of rotatable bonds is 4. The number of amides is 1. The molecule has 0 aliphatic carbocycles. The lowest BCUT2D eigenvalue weighted by atomic mass is 10.1. The maximum atomic E-state index is 13.6. The Balaban J connectivity index is 2.04. The number of hydrogen-bond donors (Lipinski definition) is 1. The van der Waals surface area contributed by atoms with E-state index < -0.39 is 11.7 Å². The zero-order valence-electron chi connectivity index (χ0n) is 14.1. The van der Waals surface area contributed by atoms with Crippen LogP contribution >= 0.6 is 11.8 Å². The van der Waals surface area contributed by atoms with Crippen molar-refractivity contribution in [1.82, 2.24) is 0 Å². The van der Waals surface area contributed by atoms with Gasteiger partial charge in [-0.05, 0) is 42.7 Å². The van der Waals surface area contributed by atoms with E-state index in [0.29, 0.717) is 29.8 Å². The van der Waals surface area contributed by atoms with Gasteiger partial charge in [-0.25, -0.2) is 0 Å². The molecule has 1 aliphatic heterocycles. The lowest BCUT2D eigenvalue weighted by Crippen LogP contribution is -2.24. The second kappa shape index (κ2) is 7.32. The summed E-state index contributed by atoms with van der Waals surface area (Å²) in [4.78, 5) is 13.9. The molecule has 0 radical (unpaired) electrons. The average molecular weight is 381 g/mol.